The van der Waals surface area contributed by atoms with E-state index in [9.17, 15) is 20.4 Å². The molecule has 8 nitrogen and oxygen atoms in total. The zero-order valence-corrected chi connectivity index (χ0v) is 23.7. The summed E-state index contributed by atoms with van der Waals surface area (Å²) in [7, 11) is 0. The van der Waals surface area contributed by atoms with Gasteiger partial charge in [-0.2, -0.15) is 0 Å². The van der Waals surface area contributed by atoms with E-state index in [4.69, 9.17) is 18.9 Å². The highest BCUT2D eigenvalue weighted by Crippen LogP contribution is 2.36. The smallest absolute Gasteiger partial charge is 0.184 e. The quantitative estimate of drug-likeness (QED) is 0.236. The first kappa shape index (κ1) is 30.8. The van der Waals surface area contributed by atoms with Crippen molar-refractivity contribution in [1.82, 2.24) is 0 Å². The zero-order chi connectivity index (χ0) is 28.5. The van der Waals surface area contributed by atoms with Crippen LogP contribution in [0.3, 0.4) is 0 Å². The van der Waals surface area contributed by atoms with Crippen LogP contribution in [0.15, 0.2) is 48.5 Å². The molecule has 40 heavy (non-hydrogen) atoms. The lowest BCUT2D eigenvalue weighted by Crippen LogP contribution is -2.35. The summed E-state index contributed by atoms with van der Waals surface area (Å²) in [6.07, 6.45) is 5.37. The highest BCUT2D eigenvalue weighted by Gasteiger charge is 2.32. The molecule has 4 N–H and O–H groups in total. The lowest BCUT2D eigenvalue weighted by Gasteiger charge is -2.37. The number of aliphatic hydroxyl groups is 2. The molecule has 8 atom stereocenters. The van der Waals surface area contributed by atoms with Crippen LogP contribution in [0, 0.1) is 0 Å². The van der Waals surface area contributed by atoms with E-state index in [1.165, 1.54) is 0 Å². The van der Waals surface area contributed by atoms with E-state index in [0.717, 1.165) is 56.1 Å². The van der Waals surface area contributed by atoms with Gasteiger partial charge in [0.25, 0.3) is 0 Å². The number of hydrogen-bond donors (Lipinski definition) is 4. The third kappa shape index (κ3) is 9.43. The van der Waals surface area contributed by atoms with Crippen LogP contribution < -0.4 is 0 Å². The molecular formula is C32H46O8. The minimum Gasteiger partial charge on any atom is -0.508 e. The summed E-state index contributed by atoms with van der Waals surface area (Å²) in [4.78, 5) is 0. The van der Waals surface area contributed by atoms with Gasteiger partial charge in [0.2, 0.25) is 0 Å². The molecule has 2 aliphatic rings. The molecule has 0 amide bonds. The van der Waals surface area contributed by atoms with Gasteiger partial charge in [-0.05, 0) is 89.0 Å². The van der Waals surface area contributed by atoms with Crippen LogP contribution >= 0.6 is 0 Å². The molecule has 0 bridgehead atoms. The first-order chi connectivity index (χ1) is 19.3. The van der Waals surface area contributed by atoms with Crippen molar-refractivity contribution in [3.8, 4) is 11.5 Å². The monoisotopic (exact) mass is 558 g/mol. The van der Waals surface area contributed by atoms with Gasteiger partial charge in [-0.3, -0.25) is 0 Å². The largest absolute Gasteiger partial charge is 0.508 e. The number of benzene rings is 2. The molecule has 4 rings (SSSR count). The number of phenols is 2. The molecule has 2 saturated heterocycles. The van der Waals surface area contributed by atoms with Crippen molar-refractivity contribution in [2.24, 2.45) is 0 Å². The van der Waals surface area contributed by atoms with Crippen molar-refractivity contribution in [3.63, 3.8) is 0 Å². The Balaban J connectivity index is 1.27. The first-order valence-corrected chi connectivity index (χ1v) is 14.8. The highest BCUT2D eigenvalue weighted by atomic mass is 16.7. The van der Waals surface area contributed by atoms with Gasteiger partial charge in [0.1, 0.15) is 11.5 Å². The third-order valence-corrected chi connectivity index (χ3v) is 7.84. The third-order valence-electron chi connectivity index (χ3n) is 7.84. The summed E-state index contributed by atoms with van der Waals surface area (Å²) < 4.78 is 24.6. The van der Waals surface area contributed by atoms with E-state index in [0.29, 0.717) is 19.3 Å². The molecule has 2 fully saturated rings. The average Bonchev–Trinajstić information content (AvgIpc) is 2.92. The molecule has 8 heteroatoms. The van der Waals surface area contributed by atoms with Gasteiger partial charge in [-0.15, -0.1) is 0 Å². The van der Waals surface area contributed by atoms with E-state index in [1.807, 2.05) is 26.0 Å². The second kappa shape index (κ2) is 15.1. The maximum absolute atomic E-state index is 10.8. The van der Waals surface area contributed by atoms with Gasteiger partial charge >= 0.3 is 0 Å². The summed E-state index contributed by atoms with van der Waals surface area (Å²) >= 11 is 0. The number of rotatable bonds is 13. The summed E-state index contributed by atoms with van der Waals surface area (Å²) in [6.45, 7) is 3.99. The Bertz CT molecular complexity index is 1030. The molecule has 8 unspecified atom stereocenters. The molecule has 0 radical (unpaired) electrons. The number of ether oxygens (including phenoxy) is 4. The Kier molecular flexibility index (Phi) is 11.6. The van der Waals surface area contributed by atoms with Gasteiger partial charge in [0.05, 0.1) is 36.6 Å². The van der Waals surface area contributed by atoms with Gasteiger partial charge in [0, 0.05) is 17.5 Å². The van der Waals surface area contributed by atoms with Crippen molar-refractivity contribution in [2.75, 3.05) is 0 Å². The van der Waals surface area contributed by atoms with Crippen LogP contribution in [-0.2, 0) is 18.9 Å². The van der Waals surface area contributed by atoms with E-state index >= 15 is 0 Å². The normalized spacial score (nSPS) is 28.7. The molecule has 0 spiro atoms. The number of phenolic OH excluding ortho intramolecular Hbond substituents is 2. The molecule has 0 saturated carbocycles. The van der Waals surface area contributed by atoms with Crippen molar-refractivity contribution in [1.29, 1.82) is 0 Å². The predicted octanol–water partition coefficient (Wildman–Crippen LogP) is 6.03. The van der Waals surface area contributed by atoms with Crippen LogP contribution in [-0.4, -0.2) is 57.0 Å². The number of aromatic hydroxyl groups is 2. The summed E-state index contributed by atoms with van der Waals surface area (Å²) in [6, 6.07) is 13.9. The lowest BCUT2D eigenvalue weighted by molar-refractivity contribution is -0.251. The first-order valence-electron chi connectivity index (χ1n) is 14.8. The summed E-state index contributed by atoms with van der Waals surface area (Å²) in [5.74, 6) is 0.343. The predicted molar refractivity (Wildman–Crippen MR) is 151 cm³/mol. The maximum Gasteiger partial charge on any atom is 0.184 e. The van der Waals surface area contributed by atoms with Crippen molar-refractivity contribution in [3.05, 3.63) is 59.7 Å². The number of hydrogen-bond acceptors (Lipinski definition) is 8. The maximum atomic E-state index is 10.8. The van der Waals surface area contributed by atoms with Crippen molar-refractivity contribution >= 4 is 0 Å². The van der Waals surface area contributed by atoms with Crippen LogP contribution in [0.25, 0.3) is 0 Å². The Morgan fingerprint density at radius 3 is 1.80 bits per heavy atom. The Labute approximate surface area is 237 Å². The fourth-order valence-corrected chi connectivity index (χ4v) is 5.65. The van der Waals surface area contributed by atoms with Crippen LogP contribution in [0.1, 0.15) is 102 Å². The van der Waals surface area contributed by atoms with E-state index in [1.54, 1.807) is 36.4 Å². The Hall–Kier alpha value is -2.20. The molecule has 2 heterocycles. The van der Waals surface area contributed by atoms with Crippen LogP contribution in [0.4, 0.5) is 0 Å². The summed E-state index contributed by atoms with van der Waals surface area (Å²) in [5.41, 5.74) is 1.55. The van der Waals surface area contributed by atoms with E-state index < -0.39 is 18.7 Å². The lowest BCUT2D eigenvalue weighted by atomic mass is 9.96. The highest BCUT2D eigenvalue weighted by molar-refractivity contribution is 5.29. The second-order valence-corrected chi connectivity index (χ2v) is 11.4. The second-order valence-electron chi connectivity index (χ2n) is 11.4. The van der Waals surface area contributed by atoms with Crippen LogP contribution in [0.2, 0.25) is 0 Å². The topological polar surface area (TPSA) is 118 Å². The molecule has 2 aromatic rings. The molecule has 2 aromatic carbocycles. The molecule has 222 valence electrons. The minimum absolute atomic E-state index is 0.00608. The van der Waals surface area contributed by atoms with Gasteiger partial charge in [-0.25, -0.2) is 0 Å². The Morgan fingerprint density at radius 2 is 1.25 bits per heavy atom. The molecule has 0 aliphatic carbocycles. The average molecular weight is 559 g/mol. The minimum atomic E-state index is -0.562. The van der Waals surface area contributed by atoms with Gasteiger partial charge < -0.3 is 39.4 Å². The molecule has 0 aromatic heterocycles. The van der Waals surface area contributed by atoms with Crippen molar-refractivity contribution in [2.45, 2.75) is 127 Å². The van der Waals surface area contributed by atoms with Crippen molar-refractivity contribution < 1.29 is 39.4 Å². The van der Waals surface area contributed by atoms with Gasteiger partial charge in [0.15, 0.2) is 12.6 Å². The van der Waals surface area contributed by atoms with Crippen LogP contribution in [0.5, 0.6) is 11.5 Å². The fraction of sp³-hybridized carbons (Fsp3) is 0.625. The van der Waals surface area contributed by atoms with E-state index in [-0.39, 0.29) is 42.0 Å². The molecular weight excluding hydrogens is 512 g/mol. The SMILES string of the molecule is CCC(O)CCCC1CC(CCCC(O)CC2CC(C)OC(c3cccc(O)c3)O2)OC(c2cccc(O)c2)O1. The van der Waals surface area contributed by atoms with Gasteiger partial charge in [-0.1, -0.05) is 31.2 Å². The number of aliphatic hydroxyl groups excluding tert-OH is 2. The Morgan fingerprint density at radius 1 is 0.725 bits per heavy atom. The zero-order valence-electron chi connectivity index (χ0n) is 23.7. The molecule has 2 aliphatic heterocycles. The summed E-state index contributed by atoms with van der Waals surface area (Å²) in [5, 5.41) is 40.6. The van der Waals surface area contributed by atoms with E-state index in [2.05, 4.69) is 0 Å². The fourth-order valence-electron chi connectivity index (χ4n) is 5.65. The standard InChI is InChI=1S/C32H46O8/c1-3-24(33)10-6-14-28-20-29(39-32(38-28)23-9-5-12-26(35)18-23)15-7-13-27(36)19-30-16-21(2)37-31(40-30)22-8-4-11-25(34)17-22/h4-5,8-9,11-12,17-18,21,24,27-36H,3,6-7,10,13-16,19-20H2,1-2H3.